The number of methoxy groups -OCH3 is 1. The van der Waals surface area contributed by atoms with Gasteiger partial charge in [-0.2, -0.15) is 4.31 Å². The number of nitrogens with zero attached hydrogens (tertiary/aromatic N) is 1. The van der Waals surface area contributed by atoms with Crippen LogP contribution in [0.5, 0.6) is 0 Å². The van der Waals surface area contributed by atoms with Crippen LogP contribution < -0.4 is 5.32 Å². The summed E-state index contributed by atoms with van der Waals surface area (Å²) in [6.07, 6.45) is 0.686. The van der Waals surface area contributed by atoms with E-state index < -0.39 is 16.1 Å². The summed E-state index contributed by atoms with van der Waals surface area (Å²) < 4.78 is 45.5. The zero-order chi connectivity index (χ0) is 19.4. The van der Waals surface area contributed by atoms with Gasteiger partial charge in [0.2, 0.25) is 0 Å². The van der Waals surface area contributed by atoms with E-state index in [9.17, 15) is 17.6 Å². The number of carbonyl (C=O) groups is 1. The summed E-state index contributed by atoms with van der Waals surface area (Å²) in [5.41, 5.74) is 0.827. The fourth-order valence-electron chi connectivity index (χ4n) is 3.10. The first-order chi connectivity index (χ1) is 12.9. The van der Waals surface area contributed by atoms with E-state index in [4.69, 9.17) is 0 Å². The zero-order valence-corrected chi connectivity index (χ0v) is 16.5. The average Bonchev–Trinajstić information content (AvgIpc) is 3.32. The van der Waals surface area contributed by atoms with E-state index in [1.807, 2.05) is 6.07 Å². The Morgan fingerprint density at radius 2 is 2.19 bits per heavy atom. The number of thiophene rings is 1. The third-order valence-corrected chi connectivity index (χ3v) is 8.01. The highest BCUT2D eigenvalue weighted by molar-refractivity contribution is 7.91. The van der Waals surface area contributed by atoms with Crippen LogP contribution in [0.1, 0.15) is 22.8 Å². The molecular weight excluding hydrogens is 391 g/mol. The number of rotatable bonds is 6. The van der Waals surface area contributed by atoms with Gasteiger partial charge in [0.25, 0.3) is 10.0 Å². The molecule has 1 aromatic carbocycles. The highest BCUT2D eigenvalue weighted by Crippen LogP contribution is 2.33. The third kappa shape index (κ3) is 4.66. The molecule has 0 spiro atoms. The molecule has 1 N–H and O–H groups in total. The van der Waals surface area contributed by atoms with Gasteiger partial charge in [-0.05, 0) is 48.6 Å². The Bertz CT molecular complexity index is 914. The number of carbonyl (C=O) groups excluding carboxylic acids is 1. The molecule has 1 aliphatic rings. The van der Waals surface area contributed by atoms with Crippen molar-refractivity contribution in [2.75, 3.05) is 26.7 Å². The van der Waals surface area contributed by atoms with Gasteiger partial charge in [-0.15, -0.1) is 11.3 Å². The van der Waals surface area contributed by atoms with E-state index in [1.54, 1.807) is 18.2 Å². The molecule has 3 rings (SSSR count). The van der Waals surface area contributed by atoms with Crippen LogP contribution in [-0.4, -0.2) is 45.6 Å². The first-order valence-corrected chi connectivity index (χ1v) is 10.8. The molecule has 1 aliphatic heterocycles. The largest absolute Gasteiger partial charge is 0.453 e. The fourth-order valence-corrected chi connectivity index (χ4v) is 6.11. The van der Waals surface area contributed by atoms with Gasteiger partial charge in [-0.3, -0.25) is 0 Å². The Labute approximate surface area is 162 Å². The van der Waals surface area contributed by atoms with Gasteiger partial charge in [-0.25, -0.2) is 17.6 Å². The summed E-state index contributed by atoms with van der Waals surface area (Å²) in [6, 6.07) is 9.70. The summed E-state index contributed by atoms with van der Waals surface area (Å²) in [7, 11) is -2.28. The zero-order valence-electron chi connectivity index (χ0n) is 14.9. The lowest BCUT2D eigenvalue weighted by atomic mass is 9.99. The van der Waals surface area contributed by atoms with Crippen molar-refractivity contribution < 1.29 is 22.3 Å². The Kier molecular flexibility index (Phi) is 6.13. The summed E-state index contributed by atoms with van der Waals surface area (Å²) in [6.45, 7) is 1.14. The van der Waals surface area contributed by atoms with Crippen LogP contribution in [-0.2, 0) is 21.2 Å². The lowest BCUT2D eigenvalue weighted by Crippen LogP contribution is -2.28. The number of benzene rings is 1. The smallest absolute Gasteiger partial charge is 0.406 e. The minimum atomic E-state index is -3.57. The van der Waals surface area contributed by atoms with Crippen LogP contribution in [0, 0.1) is 5.82 Å². The van der Waals surface area contributed by atoms with Crippen molar-refractivity contribution in [1.82, 2.24) is 9.62 Å². The number of halogens is 1. The molecule has 0 bridgehead atoms. The van der Waals surface area contributed by atoms with Crippen molar-refractivity contribution in [3.63, 3.8) is 0 Å². The quantitative estimate of drug-likeness (QED) is 0.792. The molecule has 0 radical (unpaired) electrons. The van der Waals surface area contributed by atoms with Gasteiger partial charge < -0.3 is 10.1 Å². The molecule has 0 aliphatic carbocycles. The molecule has 27 heavy (non-hydrogen) atoms. The number of amides is 1. The average molecular weight is 413 g/mol. The van der Waals surface area contributed by atoms with Crippen LogP contribution in [0.15, 0.2) is 40.6 Å². The SMILES string of the molecule is COC(=O)NCCc1ccc(S(=O)(=O)N2CC[C@@H](c3cccc(F)c3)C2)s1. The second-order valence-corrected chi connectivity index (χ2v) is 9.63. The van der Waals surface area contributed by atoms with Crippen LogP contribution in [0.2, 0.25) is 0 Å². The molecule has 2 aromatic rings. The number of sulfonamides is 1. The predicted molar refractivity (Wildman–Crippen MR) is 101 cm³/mol. The lowest BCUT2D eigenvalue weighted by molar-refractivity contribution is 0.171. The first-order valence-electron chi connectivity index (χ1n) is 8.56. The Hall–Kier alpha value is -1.97. The van der Waals surface area contributed by atoms with Crippen molar-refractivity contribution in [3.05, 3.63) is 52.7 Å². The van der Waals surface area contributed by atoms with Crippen LogP contribution in [0.4, 0.5) is 9.18 Å². The van der Waals surface area contributed by atoms with E-state index in [0.29, 0.717) is 32.5 Å². The standard InChI is InChI=1S/C18H21FN2O4S2/c1-25-18(22)20-9-7-16-5-6-17(26-16)27(23,24)21-10-8-14(12-21)13-3-2-4-15(19)11-13/h2-6,11,14H,7-10,12H2,1H3,(H,20,22)/t14-/m1/s1. The minimum absolute atomic E-state index is 0.000774. The van der Waals surface area contributed by atoms with Crippen molar-refractivity contribution in [2.24, 2.45) is 0 Å². The molecule has 2 heterocycles. The molecule has 9 heteroatoms. The minimum Gasteiger partial charge on any atom is -0.453 e. The third-order valence-electron chi connectivity index (χ3n) is 4.53. The molecule has 1 amide bonds. The van der Waals surface area contributed by atoms with Crippen LogP contribution in [0.3, 0.4) is 0 Å². The van der Waals surface area contributed by atoms with Crippen molar-refractivity contribution >= 4 is 27.5 Å². The second-order valence-electron chi connectivity index (χ2n) is 6.29. The molecule has 1 saturated heterocycles. The molecule has 146 valence electrons. The van der Waals surface area contributed by atoms with E-state index >= 15 is 0 Å². The fraction of sp³-hybridized carbons (Fsp3) is 0.389. The molecule has 1 aromatic heterocycles. The Balaban J connectivity index is 1.64. The normalized spacial score (nSPS) is 17.8. The first kappa shape index (κ1) is 19.8. The van der Waals surface area contributed by atoms with Crippen LogP contribution in [0.25, 0.3) is 0 Å². The van der Waals surface area contributed by atoms with Gasteiger partial charge in [0.05, 0.1) is 7.11 Å². The molecule has 1 atom stereocenters. The highest BCUT2D eigenvalue weighted by Gasteiger charge is 2.34. The molecule has 6 nitrogen and oxygen atoms in total. The lowest BCUT2D eigenvalue weighted by Gasteiger charge is -2.15. The Morgan fingerprint density at radius 1 is 1.37 bits per heavy atom. The number of ether oxygens (including phenoxy) is 1. The summed E-state index contributed by atoms with van der Waals surface area (Å²) >= 11 is 1.20. The maximum absolute atomic E-state index is 13.4. The topological polar surface area (TPSA) is 75.7 Å². The van der Waals surface area contributed by atoms with E-state index in [2.05, 4.69) is 10.1 Å². The molecule has 0 saturated carbocycles. The number of nitrogens with one attached hydrogen (secondary N) is 1. The van der Waals surface area contributed by atoms with E-state index in [0.717, 1.165) is 10.4 Å². The van der Waals surface area contributed by atoms with Crippen molar-refractivity contribution in [3.8, 4) is 0 Å². The monoisotopic (exact) mass is 412 g/mol. The van der Waals surface area contributed by atoms with Crippen molar-refractivity contribution in [2.45, 2.75) is 23.0 Å². The summed E-state index contributed by atoms with van der Waals surface area (Å²) in [5, 5.41) is 2.57. The molecule has 0 unspecified atom stereocenters. The summed E-state index contributed by atoms with van der Waals surface area (Å²) in [5.74, 6) is -0.309. The predicted octanol–water partition coefficient (Wildman–Crippen LogP) is 2.96. The highest BCUT2D eigenvalue weighted by atomic mass is 32.2. The molecular formula is C18H21FN2O4S2. The van der Waals surface area contributed by atoms with E-state index in [1.165, 1.54) is 34.9 Å². The number of hydrogen-bond donors (Lipinski definition) is 1. The van der Waals surface area contributed by atoms with Gasteiger partial charge in [-0.1, -0.05) is 12.1 Å². The van der Waals surface area contributed by atoms with E-state index in [-0.39, 0.29) is 15.9 Å². The maximum Gasteiger partial charge on any atom is 0.406 e. The van der Waals surface area contributed by atoms with Gasteiger partial charge in [0.15, 0.2) is 0 Å². The number of alkyl carbamates (subject to hydrolysis) is 1. The number of hydrogen-bond acceptors (Lipinski definition) is 5. The van der Waals surface area contributed by atoms with Gasteiger partial charge >= 0.3 is 6.09 Å². The van der Waals surface area contributed by atoms with Gasteiger partial charge in [0.1, 0.15) is 10.0 Å². The summed E-state index contributed by atoms with van der Waals surface area (Å²) in [4.78, 5) is 11.9. The molecule has 1 fully saturated rings. The Morgan fingerprint density at radius 3 is 2.93 bits per heavy atom. The van der Waals surface area contributed by atoms with Crippen LogP contribution >= 0.6 is 11.3 Å². The van der Waals surface area contributed by atoms with Crippen molar-refractivity contribution in [1.29, 1.82) is 0 Å². The maximum atomic E-state index is 13.4. The van der Waals surface area contributed by atoms with Gasteiger partial charge in [0, 0.05) is 24.5 Å². The second kappa shape index (κ2) is 8.37.